The summed E-state index contributed by atoms with van der Waals surface area (Å²) in [6, 6.07) is 7.38. The van der Waals surface area contributed by atoms with Gasteiger partial charge in [-0.2, -0.15) is 0 Å². The molecule has 2 aromatic rings. The number of nitrogens with zero attached hydrogens (tertiary/aromatic N) is 5. The molecule has 10 heteroatoms. The van der Waals surface area contributed by atoms with Gasteiger partial charge in [0.1, 0.15) is 24.7 Å². The van der Waals surface area contributed by atoms with E-state index in [9.17, 15) is 0 Å². The van der Waals surface area contributed by atoms with Gasteiger partial charge in [-0.25, -0.2) is 4.99 Å². The molecule has 0 spiro atoms. The number of nitrogens with one attached hydrogen (secondary N) is 1. The molecule has 1 aromatic carbocycles. The largest absolute Gasteiger partial charge is 0.492 e. The predicted molar refractivity (Wildman–Crippen MR) is 126 cm³/mol. The summed E-state index contributed by atoms with van der Waals surface area (Å²) in [6.07, 6.45) is 0.894. The Kier molecular flexibility index (Phi) is 11.9. The van der Waals surface area contributed by atoms with E-state index < -0.39 is 0 Å². The van der Waals surface area contributed by atoms with Crippen molar-refractivity contribution in [3.63, 3.8) is 0 Å². The van der Waals surface area contributed by atoms with Crippen molar-refractivity contribution >= 4 is 41.5 Å². The SMILES string of the molecule is COCCCNC(=NCc1nnc(C)n1C)N(C)CCOc1cccc(Cl)c1.I. The van der Waals surface area contributed by atoms with Gasteiger partial charge in [0.25, 0.3) is 0 Å². The molecule has 0 amide bonds. The second kappa shape index (κ2) is 13.6. The normalized spacial score (nSPS) is 11.1. The molecular formula is C19H30ClIN6O2. The van der Waals surface area contributed by atoms with Gasteiger partial charge in [-0.05, 0) is 31.5 Å². The monoisotopic (exact) mass is 536 g/mol. The van der Waals surface area contributed by atoms with Crippen LogP contribution in [0.2, 0.25) is 5.02 Å². The quantitative estimate of drug-likeness (QED) is 0.218. The van der Waals surface area contributed by atoms with Crippen molar-refractivity contribution in [2.75, 3.05) is 40.5 Å². The van der Waals surface area contributed by atoms with Crippen LogP contribution in [0.15, 0.2) is 29.3 Å². The molecule has 2 rings (SSSR count). The molecular weight excluding hydrogens is 507 g/mol. The standard InChI is InChI=1S/C19H29ClN6O2.HI/c1-15-23-24-18(26(15)3)14-22-19(21-9-6-11-27-4)25(2)10-12-28-17-8-5-7-16(20)13-17;/h5,7-8,13H,6,9-12,14H2,1-4H3,(H,21,22);1H. The van der Waals surface area contributed by atoms with Gasteiger partial charge in [-0.15, -0.1) is 34.2 Å². The van der Waals surface area contributed by atoms with E-state index in [1.54, 1.807) is 13.2 Å². The highest BCUT2D eigenvalue weighted by Gasteiger charge is 2.09. The summed E-state index contributed by atoms with van der Waals surface area (Å²) < 4.78 is 12.8. The third-order valence-corrected chi connectivity index (χ3v) is 4.45. The zero-order valence-electron chi connectivity index (χ0n) is 17.4. The van der Waals surface area contributed by atoms with Gasteiger partial charge in [-0.1, -0.05) is 17.7 Å². The van der Waals surface area contributed by atoms with Crippen LogP contribution < -0.4 is 10.1 Å². The molecule has 1 N–H and O–H groups in total. The number of methoxy groups -OCH3 is 1. The summed E-state index contributed by atoms with van der Waals surface area (Å²) in [5.74, 6) is 3.22. The van der Waals surface area contributed by atoms with Crippen molar-refractivity contribution in [3.8, 4) is 5.75 Å². The summed E-state index contributed by atoms with van der Waals surface area (Å²) in [4.78, 5) is 6.72. The fraction of sp³-hybridized carbons (Fsp3) is 0.526. The second-order valence-electron chi connectivity index (χ2n) is 6.36. The molecule has 1 aromatic heterocycles. The highest BCUT2D eigenvalue weighted by molar-refractivity contribution is 14.0. The van der Waals surface area contributed by atoms with Crippen molar-refractivity contribution in [1.29, 1.82) is 0 Å². The number of hydrogen-bond donors (Lipinski definition) is 1. The molecule has 0 atom stereocenters. The first-order valence-corrected chi connectivity index (χ1v) is 9.60. The second-order valence-corrected chi connectivity index (χ2v) is 6.80. The van der Waals surface area contributed by atoms with E-state index in [1.165, 1.54) is 0 Å². The third-order valence-electron chi connectivity index (χ3n) is 4.21. The van der Waals surface area contributed by atoms with Crippen LogP contribution in [-0.4, -0.2) is 66.1 Å². The lowest BCUT2D eigenvalue weighted by Gasteiger charge is -2.22. The maximum atomic E-state index is 5.99. The minimum Gasteiger partial charge on any atom is -0.492 e. The molecule has 0 bridgehead atoms. The van der Waals surface area contributed by atoms with Crippen LogP contribution in [0.4, 0.5) is 0 Å². The molecule has 0 fully saturated rings. The summed E-state index contributed by atoms with van der Waals surface area (Å²) in [5, 5.41) is 12.3. The van der Waals surface area contributed by atoms with Crippen LogP contribution in [0.3, 0.4) is 0 Å². The fourth-order valence-corrected chi connectivity index (χ4v) is 2.61. The molecule has 162 valence electrons. The average molecular weight is 537 g/mol. The van der Waals surface area contributed by atoms with Crippen LogP contribution in [0.25, 0.3) is 0 Å². The van der Waals surface area contributed by atoms with E-state index in [2.05, 4.69) is 15.5 Å². The van der Waals surface area contributed by atoms with Crippen LogP contribution in [0.1, 0.15) is 18.1 Å². The minimum absolute atomic E-state index is 0. The number of rotatable bonds is 10. The number of benzene rings is 1. The Balaban J connectivity index is 0.00000420. The molecule has 0 aliphatic rings. The maximum absolute atomic E-state index is 5.99. The van der Waals surface area contributed by atoms with Crippen molar-refractivity contribution in [2.24, 2.45) is 12.0 Å². The average Bonchev–Trinajstić information content (AvgIpc) is 2.99. The molecule has 29 heavy (non-hydrogen) atoms. The first kappa shape index (κ1) is 25.4. The number of hydrogen-bond acceptors (Lipinski definition) is 5. The molecule has 1 heterocycles. The van der Waals surface area contributed by atoms with Crippen LogP contribution in [0.5, 0.6) is 5.75 Å². The number of aromatic nitrogens is 3. The zero-order chi connectivity index (χ0) is 20.4. The maximum Gasteiger partial charge on any atom is 0.194 e. The fourth-order valence-electron chi connectivity index (χ4n) is 2.43. The van der Waals surface area contributed by atoms with E-state index in [1.807, 2.05) is 48.7 Å². The van der Waals surface area contributed by atoms with Crippen LogP contribution in [0, 0.1) is 6.92 Å². The summed E-state index contributed by atoms with van der Waals surface area (Å²) >= 11 is 5.99. The first-order valence-electron chi connectivity index (χ1n) is 9.23. The van der Waals surface area contributed by atoms with Crippen LogP contribution in [-0.2, 0) is 18.3 Å². The zero-order valence-corrected chi connectivity index (χ0v) is 20.5. The van der Waals surface area contributed by atoms with Gasteiger partial charge >= 0.3 is 0 Å². The number of aliphatic imine (C=N–C) groups is 1. The lowest BCUT2D eigenvalue weighted by molar-refractivity contribution is 0.195. The number of likely N-dealkylation sites (N-methyl/N-ethyl adjacent to an activating group) is 1. The van der Waals surface area contributed by atoms with Gasteiger partial charge in [0.15, 0.2) is 11.8 Å². The number of guanidine groups is 1. The lowest BCUT2D eigenvalue weighted by Crippen LogP contribution is -2.41. The molecule has 0 unspecified atom stereocenters. The van der Waals surface area contributed by atoms with E-state index >= 15 is 0 Å². The van der Waals surface area contributed by atoms with Gasteiger partial charge in [0.05, 0.1) is 6.54 Å². The first-order chi connectivity index (χ1) is 13.5. The highest BCUT2D eigenvalue weighted by atomic mass is 127. The summed E-state index contributed by atoms with van der Waals surface area (Å²) in [6.45, 7) is 5.01. The minimum atomic E-state index is 0. The van der Waals surface area contributed by atoms with Gasteiger partial charge in [0, 0.05) is 39.4 Å². The van der Waals surface area contributed by atoms with Gasteiger partial charge < -0.3 is 24.3 Å². The Morgan fingerprint density at radius 3 is 2.76 bits per heavy atom. The molecule has 0 aliphatic heterocycles. The Hall–Kier alpha value is -1.59. The molecule has 0 saturated heterocycles. The van der Waals surface area contributed by atoms with E-state index in [0.29, 0.717) is 31.3 Å². The predicted octanol–water partition coefficient (Wildman–Crippen LogP) is 2.89. The summed E-state index contributed by atoms with van der Waals surface area (Å²) in [7, 11) is 5.62. The molecule has 0 saturated carbocycles. The smallest absolute Gasteiger partial charge is 0.194 e. The third kappa shape index (κ3) is 8.75. The Labute approximate surface area is 194 Å². The summed E-state index contributed by atoms with van der Waals surface area (Å²) in [5.41, 5.74) is 0. The number of halogens is 2. The van der Waals surface area contributed by atoms with Crippen molar-refractivity contribution < 1.29 is 9.47 Å². The van der Waals surface area contributed by atoms with Gasteiger partial charge in [0.2, 0.25) is 0 Å². The van der Waals surface area contributed by atoms with E-state index in [-0.39, 0.29) is 24.0 Å². The molecule has 0 aliphatic carbocycles. The Bertz CT molecular complexity index is 771. The van der Waals surface area contributed by atoms with Crippen molar-refractivity contribution in [2.45, 2.75) is 19.9 Å². The molecule has 8 nitrogen and oxygen atoms in total. The van der Waals surface area contributed by atoms with Crippen LogP contribution >= 0.6 is 35.6 Å². The van der Waals surface area contributed by atoms with E-state index in [4.69, 9.17) is 26.1 Å². The molecule has 0 radical (unpaired) electrons. The Morgan fingerprint density at radius 1 is 1.31 bits per heavy atom. The lowest BCUT2D eigenvalue weighted by atomic mass is 10.3. The van der Waals surface area contributed by atoms with Gasteiger partial charge in [-0.3, -0.25) is 0 Å². The Morgan fingerprint density at radius 2 is 2.10 bits per heavy atom. The van der Waals surface area contributed by atoms with E-state index in [0.717, 1.165) is 36.3 Å². The topological polar surface area (TPSA) is 76.8 Å². The number of aryl methyl sites for hydroxylation is 1. The van der Waals surface area contributed by atoms with Crippen molar-refractivity contribution in [1.82, 2.24) is 25.0 Å². The van der Waals surface area contributed by atoms with Crippen molar-refractivity contribution in [3.05, 3.63) is 40.9 Å². The highest BCUT2D eigenvalue weighted by Crippen LogP contribution is 2.16. The number of ether oxygens (including phenoxy) is 2.